The minimum Gasteiger partial charge on any atom is -0.349 e. The van der Waals surface area contributed by atoms with Crippen molar-refractivity contribution in [3.63, 3.8) is 0 Å². The number of pyridine rings is 1. The van der Waals surface area contributed by atoms with Crippen LogP contribution in [-0.4, -0.2) is 16.5 Å². The third-order valence-corrected chi connectivity index (χ3v) is 5.71. The van der Waals surface area contributed by atoms with Gasteiger partial charge in [-0.3, -0.25) is 9.59 Å². The fraction of sp³-hybridized carbons (Fsp3) is 0.524. The summed E-state index contributed by atoms with van der Waals surface area (Å²) in [6, 6.07) is 6.09. The first-order valence-electron chi connectivity index (χ1n) is 9.70. The molecule has 2 heterocycles. The van der Waals surface area contributed by atoms with Gasteiger partial charge >= 0.3 is 0 Å². The molecule has 1 amide bonds. The molecule has 2 aromatic rings. The number of benzene rings is 1. The van der Waals surface area contributed by atoms with Crippen LogP contribution in [-0.2, 0) is 13.0 Å². The first-order valence-corrected chi connectivity index (χ1v) is 9.70. The lowest BCUT2D eigenvalue weighted by atomic mass is 9.96. The monoisotopic (exact) mass is 338 g/mol. The van der Waals surface area contributed by atoms with Gasteiger partial charge in [0.05, 0.1) is 5.52 Å². The topological polar surface area (TPSA) is 51.1 Å². The summed E-state index contributed by atoms with van der Waals surface area (Å²) in [6.07, 6.45) is 12.0. The van der Waals surface area contributed by atoms with E-state index in [1.165, 1.54) is 24.8 Å². The van der Waals surface area contributed by atoms with E-state index in [1.54, 1.807) is 6.20 Å². The number of nitrogens with zero attached hydrogens (tertiary/aromatic N) is 1. The maximum atomic E-state index is 12.9. The molecule has 0 atom stereocenters. The van der Waals surface area contributed by atoms with Crippen LogP contribution in [0, 0.1) is 0 Å². The van der Waals surface area contributed by atoms with E-state index in [-0.39, 0.29) is 17.4 Å². The molecular formula is C21H26N2O2. The Kier molecular flexibility index (Phi) is 4.60. The Hall–Kier alpha value is -2.10. The molecule has 25 heavy (non-hydrogen) atoms. The number of hydrogen-bond donors (Lipinski definition) is 1. The van der Waals surface area contributed by atoms with Crippen molar-refractivity contribution in [1.82, 2.24) is 9.88 Å². The van der Waals surface area contributed by atoms with Gasteiger partial charge in [-0.05, 0) is 37.3 Å². The molecule has 1 aromatic carbocycles. The average Bonchev–Trinajstić information content (AvgIpc) is 2.60. The van der Waals surface area contributed by atoms with E-state index in [0.717, 1.165) is 50.6 Å². The SMILES string of the molecule is O=C(NC1CCCCCCC1)c1cn2c3c(cccc3c1=O)CCC2. The van der Waals surface area contributed by atoms with Gasteiger partial charge in [-0.25, -0.2) is 0 Å². The number of carbonyl (C=O) groups is 1. The second-order valence-corrected chi connectivity index (χ2v) is 7.50. The van der Waals surface area contributed by atoms with Crippen LogP contribution in [0.25, 0.3) is 10.9 Å². The summed E-state index contributed by atoms with van der Waals surface area (Å²) in [7, 11) is 0. The molecule has 4 nitrogen and oxygen atoms in total. The second kappa shape index (κ2) is 7.03. The van der Waals surface area contributed by atoms with Gasteiger partial charge in [-0.15, -0.1) is 0 Å². The number of aromatic nitrogens is 1. The molecule has 0 bridgehead atoms. The highest BCUT2D eigenvalue weighted by atomic mass is 16.2. The molecule has 1 aromatic heterocycles. The van der Waals surface area contributed by atoms with Crippen LogP contribution in [0.4, 0.5) is 0 Å². The van der Waals surface area contributed by atoms with Crippen molar-refractivity contribution < 1.29 is 4.79 Å². The summed E-state index contributed by atoms with van der Waals surface area (Å²) in [5, 5.41) is 3.82. The van der Waals surface area contributed by atoms with Crippen LogP contribution in [0.5, 0.6) is 0 Å². The zero-order valence-electron chi connectivity index (χ0n) is 14.7. The lowest BCUT2D eigenvalue weighted by molar-refractivity contribution is 0.0928. The van der Waals surface area contributed by atoms with Gasteiger partial charge in [0.25, 0.3) is 5.91 Å². The van der Waals surface area contributed by atoms with Crippen LogP contribution in [0.2, 0.25) is 0 Å². The third-order valence-electron chi connectivity index (χ3n) is 5.71. The number of rotatable bonds is 2. The molecule has 0 saturated heterocycles. The van der Waals surface area contributed by atoms with Gasteiger partial charge in [0.2, 0.25) is 5.43 Å². The fourth-order valence-electron chi connectivity index (χ4n) is 4.38. The maximum absolute atomic E-state index is 12.9. The van der Waals surface area contributed by atoms with Gasteiger partial charge in [-0.1, -0.05) is 44.2 Å². The summed E-state index contributed by atoms with van der Waals surface area (Å²) in [5.41, 5.74) is 2.40. The van der Waals surface area contributed by atoms with Crippen molar-refractivity contribution in [3.8, 4) is 0 Å². The maximum Gasteiger partial charge on any atom is 0.256 e. The Bertz CT molecular complexity index is 845. The van der Waals surface area contributed by atoms with Gasteiger partial charge in [-0.2, -0.15) is 0 Å². The molecule has 1 aliphatic carbocycles. The van der Waals surface area contributed by atoms with E-state index in [2.05, 4.69) is 16.0 Å². The first-order chi connectivity index (χ1) is 12.2. The molecule has 4 rings (SSSR count). The van der Waals surface area contributed by atoms with Crippen LogP contribution >= 0.6 is 0 Å². The largest absolute Gasteiger partial charge is 0.349 e. The van der Waals surface area contributed by atoms with Crippen molar-refractivity contribution in [3.05, 3.63) is 45.7 Å². The quantitative estimate of drug-likeness (QED) is 0.906. The van der Waals surface area contributed by atoms with Crippen LogP contribution in [0.1, 0.15) is 67.3 Å². The molecule has 132 valence electrons. The van der Waals surface area contributed by atoms with Crippen molar-refractivity contribution >= 4 is 16.8 Å². The molecular weight excluding hydrogens is 312 g/mol. The average molecular weight is 338 g/mol. The Morgan fingerprint density at radius 2 is 1.80 bits per heavy atom. The Balaban J connectivity index is 1.66. The fourth-order valence-corrected chi connectivity index (χ4v) is 4.38. The molecule has 1 fully saturated rings. The Morgan fingerprint density at radius 1 is 1.04 bits per heavy atom. The predicted octanol–water partition coefficient (Wildman–Crippen LogP) is 3.79. The minimum absolute atomic E-state index is 0.127. The lowest BCUT2D eigenvalue weighted by Gasteiger charge is -2.23. The number of aryl methyl sites for hydroxylation is 2. The van der Waals surface area contributed by atoms with E-state index in [1.807, 2.05) is 12.1 Å². The molecule has 2 aliphatic rings. The summed E-state index contributed by atoms with van der Waals surface area (Å²) < 4.78 is 2.10. The van der Waals surface area contributed by atoms with Gasteiger partial charge in [0.1, 0.15) is 5.56 Å². The predicted molar refractivity (Wildman–Crippen MR) is 100 cm³/mol. The summed E-state index contributed by atoms with van der Waals surface area (Å²) in [6.45, 7) is 0.873. The standard InChI is InChI=1S/C21H26N2O2/c24-20-17-12-6-8-15-9-7-13-23(19(15)17)14-18(20)21(25)22-16-10-4-2-1-3-5-11-16/h6,8,12,14,16H,1-5,7,9-11,13H2,(H,22,25). The highest BCUT2D eigenvalue weighted by Gasteiger charge is 2.21. The zero-order valence-corrected chi connectivity index (χ0v) is 14.7. The second-order valence-electron chi connectivity index (χ2n) is 7.50. The van der Waals surface area contributed by atoms with Crippen LogP contribution < -0.4 is 10.7 Å². The third kappa shape index (κ3) is 3.22. The number of hydrogen-bond acceptors (Lipinski definition) is 2. The van der Waals surface area contributed by atoms with E-state index < -0.39 is 0 Å². The van der Waals surface area contributed by atoms with Crippen molar-refractivity contribution in [2.75, 3.05) is 0 Å². The van der Waals surface area contributed by atoms with Crippen LogP contribution in [0.15, 0.2) is 29.2 Å². The first kappa shape index (κ1) is 16.4. The van der Waals surface area contributed by atoms with E-state index in [0.29, 0.717) is 10.9 Å². The molecule has 0 spiro atoms. The summed E-state index contributed by atoms with van der Waals surface area (Å²) >= 11 is 0. The van der Waals surface area contributed by atoms with E-state index in [4.69, 9.17) is 0 Å². The van der Waals surface area contributed by atoms with E-state index >= 15 is 0 Å². The molecule has 1 saturated carbocycles. The van der Waals surface area contributed by atoms with E-state index in [9.17, 15) is 9.59 Å². The number of para-hydroxylation sites is 1. The number of carbonyl (C=O) groups excluding carboxylic acids is 1. The minimum atomic E-state index is -0.197. The lowest BCUT2D eigenvalue weighted by Crippen LogP contribution is -2.38. The molecule has 1 N–H and O–H groups in total. The van der Waals surface area contributed by atoms with Gasteiger partial charge < -0.3 is 9.88 Å². The molecule has 4 heteroatoms. The summed E-state index contributed by atoms with van der Waals surface area (Å²) in [5.74, 6) is -0.197. The van der Waals surface area contributed by atoms with Crippen molar-refractivity contribution in [1.29, 1.82) is 0 Å². The highest BCUT2D eigenvalue weighted by molar-refractivity contribution is 5.98. The normalized spacial score (nSPS) is 18.6. The van der Waals surface area contributed by atoms with Crippen molar-refractivity contribution in [2.24, 2.45) is 0 Å². The van der Waals surface area contributed by atoms with Crippen LogP contribution in [0.3, 0.4) is 0 Å². The Morgan fingerprint density at radius 3 is 2.60 bits per heavy atom. The van der Waals surface area contributed by atoms with Gasteiger partial charge in [0.15, 0.2) is 0 Å². The molecule has 1 aliphatic heterocycles. The zero-order chi connectivity index (χ0) is 17.2. The highest BCUT2D eigenvalue weighted by Crippen LogP contribution is 2.23. The molecule has 0 unspecified atom stereocenters. The number of nitrogens with one attached hydrogen (secondary N) is 1. The number of amides is 1. The summed E-state index contributed by atoms with van der Waals surface area (Å²) in [4.78, 5) is 25.7. The van der Waals surface area contributed by atoms with Gasteiger partial charge in [0, 0.05) is 24.2 Å². The smallest absolute Gasteiger partial charge is 0.256 e. The van der Waals surface area contributed by atoms with Crippen molar-refractivity contribution in [2.45, 2.75) is 70.4 Å². The Labute approximate surface area is 148 Å². The molecule has 0 radical (unpaired) electrons.